The lowest BCUT2D eigenvalue weighted by Crippen LogP contribution is -1.95. The van der Waals surface area contributed by atoms with Crippen molar-refractivity contribution in [3.8, 4) is 0 Å². The second-order valence-corrected chi connectivity index (χ2v) is 5.57. The smallest absolute Gasteiger partial charge is 0.337 e. The minimum atomic E-state index is -1.09. The van der Waals surface area contributed by atoms with Crippen LogP contribution in [0.1, 0.15) is 35.8 Å². The van der Waals surface area contributed by atoms with Crippen LogP contribution in [0.25, 0.3) is 5.65 Å². The molecule has 0 amide bonds. The van der Waals surface area contributed by atoms with E-state index in [1.165, 1.54) is 22.7 Å². The van der Waals surface area contributed by atoms with E-state index in [9.17, 15) is 14.3 Å². The second kappa shape index (κ2) is 6.19. The number of aromatic carboxylic acids is 1. The van der Waals surface area contributed by atoms with E-state index >= 15 is 0 Å². The molecule has 24 heavy (non-hydrogen) atoms. The maximum absolute atomic E-state index is 13.6. The van der Waals surface area contributed by atoms with Crippen LogP contribution in [0.4, 0.5) is 15.9 Å². The zero-order valence-electron chi connectivity index (χ0n) is 13.1. The summed E-state index contributed by atoms with van der Waals surface area (Å²) in [4.78, 5) is 15.7. The Balaban J connectivity index is 2.14. The first-order valence-corrected chi connectivity index (χ1v) is 7.39. The number of carbonyl (C=O) groups is 1. The first-order chi connectivity index (χ1) is 11.5. The minimum Gasteiger partial charge on any atom is -0.478 e. The average Bonchev–Trinajstić information content (AvgIpc) is 2.91. The van der Waals surface area contributed by atoms with Crippen LogP contribution in [0.5, 0.6) is 0 Å². The van der Waals surface area contributed by atoms with Gasteiger partial charge in [-0.25, -0.2) is 14.2 Å². The number of halogens is 1. The van der Waals surface area contributed by atoms with Crippen LogP contribution < -0.4 is 0 Å². The Morgan fingerprint density at radius 3 is 2.67 bits per heavy atom. The normalized spacial score (nSPS) is 11.7. The van der Waals surface area contributed by atoms with Crippen molar-refractivity contribution >= 4 is 23.1 Å². The molecule has 122 valence electrons. The van der Waals surface area contributed by atoms with Crippen LogP contribution in [0.3, 0.4) is 0 Å². The number of nitrogens with zero attached hydrogens (tertiary/aromatic N) is 4. The van der Waals surface area contributed by atoms with Crippen LogP contribution in [-0.2, 0) is 0 Å². The van der Waals surface area contributed by atoms with E-state index in [0.717, 1.165) is 0 Å². The van der Waals surface area contributed by atoms with Crippen molar-refractivity contribution in [1.29, 1.82) is 0 Å². The number of carboxylic acid groups (broad SMARTS) is 1. The molecule has 3 aromatic rings. The molecule has 0 fully saturated rings. The molecule has 0 aliphatic rings. The Bertz CT molecular complexity index is 947. The fourth-order valence-electron chi connectivity index (χ4n) is 2.35. The standard InChI is InChI=1S/C17H15FN4O2/c1-10(2)15-16(22-9-11(18)7-8-14(22)19-15)21-20-13-6-4-3-5-12(13)17(23)24/h3-10H,1-2H3,(H,23,24). The third-order valence-corrected chi connectivity index (χ3v) is 3.52. The molecule has 0 saturated carbocycles. The number of pyridine rings is 1. The predicted molar refractivity (Wildman–Crippen MR) is 86.8 cm³/mol. The second-order valence-electron chi connectivity index (χ2n) is 5.57. The fourth-order valence-corrected chi connectivity index (χ4v) is 2.35. The largest absolute Gasteiger partial charge is 0.478 e. The molecule has 2 heterocycles. The van der Waals surface area contributed by atoms with Crippen LogP contribution >= 0.6 is 0 Å². The minimum absolute atomic E-state index is 0.0485. The number of rotatable bonds is 4. The summed E-state index contributed by atoms with van der Waals surface area (Å²) in [5.41, 5.74) is 1.50. The predicted octanol–water partition coefficient (Wildman–Crippen LogP) is 4.71. The van der Waals surface area contributed by atoms with Gasteiger partial charge in [0.05, 0.1) is 11.3 Å². The van der Waals surface area contributed by atoms with Gasteiger partial charge in [-0.2, -0.15) is 0 Å². The third kappa shape index (κ3) is 2.88. The number of azo groups is 1. The van der Waals surface area contributed by atoms with Crippen LogP contribution in [-0.4, -0.2) is 20.5 Å². The summed E-state index contributed by atoms with van der Waals surface area (Å²) in [6.07, 6.45) is 1.28. The van der Waals surface area contributed by atoms with E-state index in [4.69, 9.17) is 0 Å². The van der Waals surface area contributed by atoms with E-state index in [1.54, 1.807) is 24.3 Å². The van der Waals surface area contributed by atoms with Gasteiger partial charge in [0.25, 0.3) is 0 Å². The molecule has 0 atom stereocenters. The van der Waals surface area contributed by atoms with Gasteiger partial charge in [0.2, 0.25) is 0 Å². The van der Waals surface area contributed by atoms with Crippen molar-refractivity contribution in [3.63, 3.8) is 0 Å². The number of fused-ring (bicyclic) bond motifs is 1. The lowest BCUT2D eigenvalue weighted by atomic mass is 10.1. The monoisotopic (exact) mass is 326 g/mol. The summed E-state index contributed by atoms with van der Waals surface area (Å²) in [5, 5.41) is 17.4. The first-order valence-electron chi connectivity index (χ1n) is 7.39. The highest BCUT2D eigenvalue weighted by Gasteiger charge is 2.16. The maximum Gasteiger partial charge on any atom is 0.337 e. The maximum atomic E-state index is 13.6. The molecule has 7 heteroatoms. The molecule has 3 rings (SSSR count). The summed E-state index contributed by atoms with van der Waals surface area (Å²) in [5.74, 6) is -1.06. The average molecular weight is 326 g/mol. The van der Waals surface area contributed by atoms with Gasteiger partial charge in [-0.15, -0.1) is 10.2 Å². The highest BCUT2D eigenvalue weighted by atomic mass is 19.1. The summed E-state index contributed by atoms with van der Waals surface area (Å²) < 4.78 is 15.1. The van der Waals surface area contributed by atoms with Crippen molar-refractivity contribution in [2.24, 2.45) is 10.2 Å². The highest BCUT2D eigenvalue weighted by molar-refractivity contribution is 5.93. The summed E-state index contributed by atoms with van der Waals surface area (Å²) in [7, 11) is 0. The topological polar surface area (TPSA) is 79.3 Å². The lowest BCUT2D eigenvalue weighted by Gasteiger charge is -2.02. The number of hydrogen-bond donors (Lipinski definition) is 1. The lowest BCUT2D eigenvalue weighted by molar-refractivity contribution is 0.0697. The molecule has 1 N–H and O–H groups in total. The van der Waals surface area contributed by atoms with Gasteiger partial charge in [0.15, 0.2) is 5.82 Å². The zero-order chi connectivity index (χ0) is 17.3. The van der Waals surface area contributed by atoms with E-state index in [0.29, 0.717) is 17.2 Å². The van der Waals surface area contributed by atoms with Crippen LogP contribution in [0.2, 0.25) is 0 Å². The summed E-state index contributed by atoms with van der Waals surface area (Å²) in [6.45, 7) is 3.89. The van der Waals surface area contributed by atoms with Gasteiger partial charge in [-0.05, 0) is 30.2 Å². The van der Waals surface area contributed by atoms with Gasteiger partial charge >= 0.3 is 5.97 Å². The zero-order valence-corrected chi connectivity index (χ0v) is 13.1. The van der Waals surface area contributed by atoms with Crippen LogP contribution in [0.15, 0.2) is 52.8 Å². The summed E-state index contributed by atoms with van der Waals surface area (Å²) >= 11 is 0. The molecule has 0 spiro atoms. The van der Waals surface area contributed by atoms with Gasteiger partial charge in [-0.1, -0.05) is 26.0 Å². The van der Waals surface area contributed by atoms with Crippen molar-refractivity contribution in [1.82, 2.24) is 9.38 Å². The molecule has 0 saturated heterocycles. The molecule has 6 nitrogen and oxygen atoms in total. The van der Waals surface area contributed by atoms with E-state index in [1.807, 2.05) is 13.8 Å². The van der Waals surface area contributed by atoms with Gasteiger partial charge < -0.3 is 5.11 Å². The molecular formula is C17H15FN4O2. The molecule has 1 aromatic carbocycles. The molecule has 0 radical (unpaired) electrons. The van der Waals surface area contributed by atoms with Gasteiger partial charge in [0.1, 0.15) is 17.2 Å². The summed E-state index contributed by atoms with van der Waals surface area (Å²) in [6, 6.07) is 9.20. The number of aromatic nitrogens is 2. The SMILES string of the molecule is CC(C)c1nc2ccc(F)cn2c1N=Nc1ccccc1C(=O)O. The Kier molecular flexibility index (Phi) is 4.07. The van der Waals surface area contributed by atoms with E-state index in [-0.39, 0.29) is 17.2 Å². The van der Waals surface area contributed by atoms with Gasteiger partial charge in [-0.3, -0.25) is 4.40 Å². The van der Waals surface area contributed by atoms with Crippen LogP contribution in [0, 0.1) is 5.82 Å². The van der Waals surface area contributed by atoms with Crippen molar-refractivity contribution in [3.05, 3.63) is 59.7 Å². The molecule has 0 unspecified atom stereocenters. The quantitative estimate of drug-likeness (QED) is 0.705. The van der Waals surface area contributed by atoms with Crippen molar-refractivity contribution < 1.29 is 14.3 Å². The molecular weight excluding hydrogens is 311 g/mol. The van der Waals surface area contributed by atoms with Crippen molar-refractivity contribution in [2.45, 2.75) is 19.8 Å². The number of imidazole rings is 1. The Morgan fingerprint density at radius 1 is 1.21 bits per heavy atom. The third-order valence-electron chi connectivity index (χ3n) is 3.52. The fraction of sp³-hybridized carbons (Fsp3) is 0.176. The highest BCUT2D eigenvalue weighted by Crippen LogP contribution is 2.30. The molecule has 0 bridgehead atoms. The van der Waals surface area contributed by atoms with E-state index in [2.05, 4.69) is 15.2 Å². The van der Waals surface area contributed by atoms with Crippen molar-refractivity contribution in [2.75, 3.05) is 0 Å². The molecule has 0 aliphatic carbocycles. The Labute approximate surface area is 137 Å². The number of carboxylic acids is 1. The molecule has 2 aromatic heterocycles. The Morgan fingerprint density at radius 2 is 1.96 bits per heavy atom. The Hall–Kier alpha value is -3.09. The number of hydrogen-bond acceptors (Lipinski definition) is 4. The van der Waals surface area contributed by atoms with E-state index < -0.39 is 11.8 Å². The number of benzene rings is 1. The van der Waals surface area contributed by atoms with Gasteiger partial charge in [0, 0.05) is 6.20 Å². The first kappa shape index (κ1) is 15.8. The molecule has 0 aliphatic heterocycles.